The fourth-order valence-electron chi connectivity index (χ4n) is 8.65. The van der Waals surface area contributed by atoms with Crippen LogP contribution in [0.4, 0.5) is 5.82 Å². The van der Waals surface area contributed by atoms with Gasteiger partial charge in [-0.3, -0.25) is 14.3 Å². The summed E-state index contributed by atoms with van der Waals surface area (Å²) in [6.07, 6.45) is 4.04. The SMILES string of the molecule is Cc1c(-c2cc(N3C(=O)C4CC5C(=CCn6c(=O)n(C)c(=O)n65)C(C5=COc6ccc(O)cc6C5)C4(C)C3=O)n(C)n2)sc2ccc(Cl)cc12. The highest BCUT2D eigenvalue weighted by Crippen LogP contribution is 2.60. The number of phenolic OH excluding ortho intramolecular Hbond substituents is 1. The lowest BCUT2D eigenvalue weighted by Crippen LogP contribution is -2.51. The molecule has 50 heavy (non-hydrogen) atoms. The van der Waals surface area contributed by atoms with E-state index in [4.69, 9.17) is 21.4 Å². The second-order valence-electron chi connectivity index (χ2n) is 13.7. The molecule has 4 aliphatic rings. The van der Waals surface area contributed by atoms with E-state index in [1.165, 1.54) is 21.3 Å². The van der Waals surface area contributed by atoms with Gasteiger partial charge in [-0.2, -0.15) is 5.10 Å². The van der Waals surface area contributed by atoms with E-state index in [0.29, 0.717) is 28.7 Å². The summed E-state index contributed by atoms with van der Waals surface area (Å²) in [5, 5.41) is 16.7. The molecule has 1 aliphatic carbocycles. The Kier molecular flexibility index (Phi) is 6.45. The van der Waals surface area contributed by atoms with Crippen molar-refractivity contribution in [3.8, 4) is 22.1 Å². The molecule has 9 rings (SSSR count). The molecule has 1 saturated carbocycles. The second kappa shape index (κ2) is 10.4. The molecule has 254 valence electrons. The summed E-state index contributed by atoms with van der Waals surface area (Å²) in [6, 6.07) is 11.7. The van der Waals surface area contributed by atoms with Crippen LogP contribution < -0.4 is 21.0 Å². The van der Waals surface area contributed by atoms with Crippen LogP contribution in [-0.4, -0.2) is 40.6 Å². The Balaban J connectivity index is 1.18. The highest BCUT2D eigenvalue weighted by Gasteiger charge is 2.66. The van der Waals surface area contributed by atoms with E-state index in [1.807, 2.05) is 38.1 Å². The molecule has 4 atom stereocenters. The van der Waals surface area contributed by atoms with Crippen LogP contribution in [0.3, 0.4) is 0 Å². The van der Waals surface area contributed by atoms with Gasteiger partial charge in [-0.05, 0) is 78.8 Å². The molecular weight excluding hydrogens is 680 g/mol. The number of hydrogen-bond acceptors (Lipinski definition) is 8. The Hall–Kier alpha value is -5.14. The minimum absolute atomic E-state index is 0.0817. The fourth-order valence-corrected chi connectivity index (χ4v) is 9.97. The number of anilines is 1. The number of hydrogen-bond donors (Lipinski definition) is 1. The molecule has 0 radical (unpaired) electrons. The van der Waals surface area contributed by atoms with Crippen LogP contribution in [-0.2, 0) is 36.6 Å². The summed E-state index contributed by atoms with van der Waals surface area (Å²) in [5.41, 5.74) is 1.69. The lowest BCUT2D eigenvalue weighted by atomic mass is 9.56. The number of halogens is 1. The van der Waals surface area contributed by atoms with Gasteiger partial charge in [0.2, 0.25) is 11.8 Å². The van der Waals surface area contributed by atoms with Crippen LogP contribution in [0.1, 0.15) is 30.5 Å². The summed E-state index contributed by atoms with van der Waals surface area (Å²) in [4.78, 5) is 58.4. The molecule has 14 heteroatoms. The number of benzene rings is 2. The van der Waals surface area contributed by atoms with E-state index in [0.717, 1.165) is 41.8 Å². The van der Waals surface area contributed by atoms with Crippen LogP contribution >= 0.6 is 22.9 Å². The number of carbonyl (C=O) groups excluding carboxylic acids is 2. The van der Waals surface area contributed by atoms with E-state index < -0.39 is 40.6 Å². The first-order chi connectivity index (χ1) is 23.9. The number of aromatic nitrogens is 5. The maximum absolute atomic E-state index is 15.0. The van der Waals surface area contributed by atoms with Crippen molar-refractivity contribution in [1.82, 2.24) is 23.7 Å². The van der Waals surface area contributed by atoms with E-state index in [2.05, 4.69) is 0 Å². The zero-order valence-electron chi connectivity index (χ0n) is 27.5. The number of aromatic hydroxyl groups is 1. The van der Waals surface area contributed by atoms with Gasteiger partial charge in [-0.15, -0.1) is 11.3 Å². The molecule has 4 unspecified atom stereocenters. The third-order valence-electron chi connectivity index (χ3n) is 11.1. The molecule has 1 saturated heterocycles. The lowest BCUT2D eigenvalue weighted by Gasteiger charge is -2.48. The van der Waals surface area contributed by atoms with Crippen molar-refractivity contribution in [2.75, 3.05) is 4.90 Å². The zero-order chi connectivity index (χ0) is 35.0. The van der Waals surface area contributed by atoms with Gasteiger partial charge < -0.3 is 9.84 Å². The molecule has 0 bridgehead atoms. The first kappa shape index (κ1) is 30.9. The van der Waals surface area contributed by atoms with Gasteiger partial charge in [-0.1, -0.05) is 17.7 Å². The lowest BCUT2D eigenvalue weighted by molar-refractivity contribution is -0.130. The minimum atomic E-state index is -1.27. The molecule has 1 N–H and O–H groups in total. The summed E-state index contributed by atoms with van der Waals surface area (Å²) < 4.78 is 12.6. The van der Waals surface area contributed by atoms with E-state index in [-0.39, 0.29) is 24.6 Å². The second-order valence-corrected chi connectivity index (χ2v) is 15.2. The third kappa shape index (κ3) is 4.01. The first-order valence-electron chi connectivity index (χ1n) is 16.3. The molecule has 2 aromatic carbocycles. The monoisotopic (exact) mass is 710 g/mol. The van der Waals surface area contributed by atoms with Gasteiger partial charge in [0.1, 0.15) is 23.0 Å². The molecule has 0 spiro atoms. The van der Waals surface area contributed by atoms with Crippen molar-refractivity contribution in [3.63, 3.8) is 0 Å². The van der Waals surface area contributed by atoms with Gasteiger partial charge >= 0.3 is 11.4 Å². The van der Waals surface area contributed by atoms with Gasteiger partial charge in [-0.25, -0.2) is 28.4 Å². The van der Waals surface area contributed by atoms with E-state index >= 15 is 4.79 Å². The largest absolute Gasteiger partial charge is 0.508 e. The Labute approximate surface area is 293 Å². The summed E-state index contributed by atoms with van der Waals surface area (Å²) in [5.74, 6) is -1.25. The molecule has 12 nitrogen and oxygen atoms in total. The Morgan fingerprint density at radius 2 is 1.86 bits per heavy atom. The van der Waals surface area contributed by atoms with Gasteiger partial charge in [0.05, 0.1) is 35.1 Å². The number of allylic oxidation sites excluding steroid dienone is 3. The molecule has 2 fully saturated rings. The zero-order valence-corrected chi connectivity index (χ0v) is 29.1. The maximum Gasteiger partial charge on any atom is 0.347 e. The van der Waals surface area contributed by atoms with Crippen LogP contribution in [0.15, 0.2) is 75.5 Å². The van der Waals surface area contributed by atoms with Crippen LogP contribution in [0.2, 0.25) is 5.02 Å². The predicted molar refractivity (Wildman–Crippen MR) is 188 cm³/mol. The molecule has 5 aromatic rings. The molecule has 2 amide bonds. The number of thiophene rings is 1. The highest BCUT2D eigenvalue weighted by molar-refractivity contribution is 7.22. The smallest absolute Gasteiger partial charge is 0.347 e. The number of rotatable bonds is 3. The van der Waals surface area contributed by atoms with Crippen molar-refractivity contribution < 1.29 is 19.4 Å². The quantitative estimate of drug-likeness (QED) is 0.209. The standard InChI is InChI=1S/C36H31ClN6O6S/c1-17-23-13-20(37)5-8-28(23)50-31(17)25-15-29(40(4)38-25)42-32(45)24-14-26-22(9-10-41-34(47)39(3)35(48)43(26)41)30(36(24,2)33(42)46)19-11-18-12-21(44)6-7-27(18)49-16-19/h5-9,12-13,15-16,24,26,30,44H,10-11,14H2,1-4H3. The number of imide groups is 1. The third-order valence-corrected chi connectivity index (χ3v) is 12.6. The topological polar surface area (TPSA) is 134 Å². The number of ether oxygens (including phenoxy) is 1. The van der Waals surface area contributed by atoms with Crippen LogP contribution in [0.25, 0.3) is 20.7 Å². The molecular formula is C36H31ClN6O6S. The maximum atomic E-state index is 15.0. The number of fused-ring (bicyclic) bond motifs is 6. The Bertz CT molecular complexity index is 2550. The average molecular weight is 711 g/mol. The number of aryl methyl sites for hydroxylation is 2. The Morgan fingerprint density at radius 3 is 2.66 bits per heavy atom. The Morgan fingerprint density at radius 1 is 1.06 bits per heavy atom. The van der Waals surface area contributed by atoms with Gasteiger partial charge in [0.15, 0.2) is 0 Å². The van der Waals surface area contributed by atoms with Gasteiger partial charge in [0, 0.05) is 47.8 Å². The summed E-state index contributed by atoms with van der Waals surface area (Å²) >= 11 is 7.86. The number of nitrogens with zero attached hydrogens (tertiary/aromatic N) is 6. The molecule has 6 heterocycles. The molecule has 3 aromatic heterocycles. The van der Waals surface area contributed by atoms with Crippen molar-refractivity contribution in [3.05, 3.63) is 103 Å². The van der Waals surface area contributed by atoms with Gasteiger partial charge in [0.25, 0.3) is 0 Å². The van der Waals surface area contributed by atoms with Crippen LogP contribution in [0, 0.1) is 24.2 Å². The van der Waals surface area contributed by atoms with E-state index in [1.54, 1.807) is 53.6 Å². The van der Waals surface area contributed by atoms with Crippen molar-refractivity contribution in [2.24, 2.45) is 31.3 Å². The number of carbonyl (C=O) groups is 2. The number of amides is 2. The van der Waals surface area contributed by atoms with Crippen molar-refractivity contribution in [1.29, 1.82) is 0 Å². The van der Waals surface area contributed by atoms with Crippen molar-refractivity contribution in [2.45, 2.75) is 39.3 Å². The average Bonchev–Trinajstić information content (AvgIpc) is 3.75. The van der Waals surface area contributed by atoms with E-state index in [9.17, 15) is 19.5 Å². The first-order valence-corrected chi connectivity index (χ1v) is 17.4. The summed E-state index contributed by atoms with van der Waals surface area (Å²) in [7, 11) is 3.15. The highest BCUT2D eigenvalue weighted by atomic mass is 35.5. The predicted octanol–water partition coefficient (Wildman–Crippen LogP) is 4.85. The summed E-state index contributed by atoms with van der Waals surface area (Å²) in [6.45, 7) is 3.97. The minimum Gasteiger partial charge on any atom is -0.508 e. The number of phenols is 1. The normalized spacial score (nSPS) is 24.0. The van der Waals surface area contributed by atoms with Crippen LogP contribution in [0.5, 0.6) is 11.5 Å². The molecule has 3 aliphatic heterocycles. The van der Waals surface area contributed by atoms with Crippen molar-refractivity contribution >= 4 is 50.7 Å². The fraction of sp³-hybridized carbons (Fsp3) is 0.306.